The first-order chi connectivity index (χ1) is 10.6. The predicted octanol–water partition coefficient (Wildman–Crippen LogP) is 3.22. The molecule has 0 aliphatic carbocycles. The molecule has 22 heavy (non-hydrogen) atoms. The van der Waals surface area contributed by atoms with Crippen LogP contribution in [0, 0.1) is 0 Å². The van der Waals surface area contributed by atoms with Crippen molar-refractivity contribution >= 4 is 17.3 Å². The van der Waals surface area contributed by atoms with Crippen LogP contribution >= 0.6 is 11.3 Å². The lowest BCUT2D eigenvalue weighted by atomic mass is 10.1. The quantitative estimate of drug-likeness (QED) is 0.784. The molecule has 0 aliphatic heterocycles. The van der Waals surface area contributed by atoms with Gasteiger partial charge in [0.1, 0.15) is 0 Å². The summed E-state index contributed by atoms with van der Waals surface area (Å²) in [6.45, 7) is 3.65. The Morgan fingerprint density at radius 3 is 2.36 bits per heavy atom. The number of aliphatic hydroxyl groups is 1. The molecule has 0 spiro atoms. The lowest BCUT2D eigenvalue weighted by Gasteiger charge is -2.29. The number of benzene rings is 1. The number of nitrogens with zero attached hydrogens (tertiary/aromatic N) is 1. The van der Waals surface area contributed by atoms with E-state index in [1.54, 1.807) is 23.5 Å². The van der Waals surface area contributed by atoms with Gasteiger partial charge in [-0.05, 0) is 46.5 Å². The number of aromatic carboxylic acids is 1. The van der Waals surface area contributed by atoms with Gasteiger partial charge < -0.3 is 10.2 Å². The summed E-state index contributed by atoms with van der Waals surface area (Å²) < 4.78 is 0. The number of aliphatic hydroxyl groups excluding tert-OH is 1. The van der Waals surface area contributed by atoms with Gasteiger partial charge in [-0.2, -0.15) is 11.3 Å². The minimum atomic E-state index is -0.913. The number of thiophene rings is 1. The van der Waals surface area contributed by atoms with E-state index in [2.05, 4.69) is 28.7 Å². The molecule has 2 aromatic rings. The van der Waals surface area contributed by atoms with Gasteiger partial charge in [-0.3, -0.25) is 4.90 Å². The third-order valence-electron chi connectivity index (χ3n) is 3.75. The van der Waals surface area contributed by atoms with Crippen LogP contribution in [0.3, 0.4) is 0 Å². The van der Waals surface area contributed by atoms with Gasteiger partial charge in [0.15, 0.2) is 0 Å². The average Bonchev–Trinajstić information content (AvgIpc) is 3.02. The zero-order valence-electron chi connectivity index (χ0n) is 12.6. The fraction of sp³-hybridized carbons (Fsp3) is 0.353. The molecule has 2 rings (SSSR count). The number of hydrogen-bond acceptors (Lipinski definition) is 4. The molecule has 0 amide bonds. The van der Waals surface area contributed by atoms with Crippen LogP contribution in [0.1, 0.15) is 34.8 Å². The van der Waals surface area contributed by atoms with Crippen molar-refractivity contribution in [3.05, 3.63) is 57.8 Å². The Kier molecular flexibility index (Phi) is 6.12. The molecule has 5 heteroatoms. The summed E-state index contributed by atoms with van der Waals surface area (Å²) >= 11 is 1.67. The fourth-order valence-corrected chi connectivity index (χ4v) is 3.08. The smallest absolute Gasteiger partial charge is 0.335 e. The van der Waals surface area contributed by atoms with E-state index in [9.17, 15) is 9.90 Å². The molecule has 2 N–H and O–H groups in total. The summed E-state index contributed by atoms with van der Waals surface area (Å²) in [6.07, 6.45) is 0.869. The van der Waals surface area contributed by atoms with Gasteiger partial charge in [-0.15, -0.1) is 0 Å². The number of carboxylic acid groups (broad SMARTS) is 1. The number of carbonyl (C=O) groups is 1. The monoisotopic (exact) mass is 319 g/mol. The van der Waals surface area contributed by atoms with E-state index in [0.29, 0.717) is 12.1 Å². The van der Waals surface area contributed by atoms with Crippen LogP contribution in [0.15, 0.2) is 41.1 Å². The Labute approximate surface area is 134 Å². The minimum Gasteiger partial charge on any atom is -0.478 e. The van der Waals surface area contributed by atoms with Crippen molar-refractivity contribution in [2.24, 2.45) is 0 Å². The molecular weight excluding hydrogens is 298 g/mol. The molecule has 4 nitrogen and oxygen atoms in total. The van der Waals surface area contributed by atoms with Gasteiger partial charge in [0.2, 0.25) is 0 Å². The van der Waals surface area contributed by atoms with Crippen molar-refractivity contribution in [1.82, 2.24) is 4.90 Å². The number of carboxylic acids is 1. The number of hydrogen-bond donors (Lipinski definition) is 2. The van der Waals surface area contributed by atoms with Crippen LogP contribution < -0.4 is 0 Å². The molecule has 1 aromatic carbocycles. The standard InChI is InChI=1S/C17H21NO3S/c1-2-16(11-19)18(10-14-7-8-22-12-14)9-13-3-5-15(6-4-13)17(20)21/h3-8,12,16,19H,2,9-11H2,1H3,(H,20,21)/t16-/m0/s1. The molecule has 1 aromatic heterocycles. The molecule has 0 aliphatic rings. The predicted molar refractivity (Wildman–Crippen MR) is 88.1 cm³/mol. The van der Waals surface area contributed by atoms with Crippen LogP contribution in [-0.4, -0.2) is 33.7 Å². The molecule has 1 heterocycles. The van der Waals surface area contributed by atoms with Gasteiger partial charge >= 0.3 is 5.97 Å². The third-order valence-corrected chi connectivity index (χ3v) is 4.48. The largest absolute Gasteiger partial charge is 0.478 e. The van der Waals surface area contributed by atoms with Crippen molar-refractivity contribution in [2.75, 3.05) is 6.61 Å². The second kappa shape index (κ2) is 8.08. The van der Waals surface area contributed by atoms with Crippen LogP contribution in [0.2, 0.25) is 0 Å². The molecule has 118 valence electrons. The maximum Gasteiger partial charge on any atom is 0.335 e. The maximum atomic E-state index is 10.9. The van der Waals surface area contributed by atoms with Gasteiger partial charge in [0, 0.05) is 19.1 Å². The van der Waals surface area contributed by atoms with Crippen LogP contribution in [-0.2, 0) is 13.1 Å². The van der Waals surface area contributed by atoms with Gasteiger partial charge in [0.25, 0.3) is 0 Å². The van der Waals surface area contributed by atoms with E-state index >= 15 is 0 Å². The molecule has 1 atom stereocenters. The average molecular weight is 319 g/mol. The summed E-state index contributed by atoms with van der Waals surface area (Å²) in [7, 11) is 0. The highest BCUT2D eigenvalue weighted by Gasteiger charge is 2.17. The normalized spacial score (nSPS) is 12.5. The van der Waals surface area contributed by atoms with Crippen LogP contribution in [0.25, 0.3) is 0 Å². The molecule has 0 bridgehead atoms. The van der Waals surface area contributed by atoms with E-state index in [-0.39, 0.29) is 12.6 Å². The summed E-state index contributed by atoms with van der Waals surface area (Å²) in [5.74, 6) is -0.913. The first-order valence-corrected chi connectivity index (χ1v) is 8.26. The van der Waals surface area contributed by atoms with Crippen molar-refractivity contribution in [1.29, 1.82) is 0 Å². The molecule has 0 radical (unpaired) electrons. The Bertz CT molecular complexity index is 576. The second-order valence-corrected chi connectivity index (χ2v) is 6.06. The zero-order chi connectivity index (χ0) is 15.9. The highest BCUT2D eigenvalue weighted by Crippen LogP contribution is 2.17. The lowest BCUT2D eigenvalue weighted by Crippen LogP contribution is -2.36. The van der Waals surface area contributed by atoms with Gasteiger partial charge in [0.05, 0.1) is 12.2 Å². The Balaban J connectivity index is 2.12. The zero-order valence-corrected chi connectivity index (χ0v) is 13.4. The summed E-state index contributed by atoms with van der Waals surface area (Å²) in [5, 5.41) is 22.7. The Hall–Kier alpha value is -1.69. The van der Waals surface area contributed by atoms with Gasteiger partial charge in [-0.25, -0.2) is 4.79 Å². The van der Waals surface area contributed by atoms with Crippen LogP contribution in [0.5, 0.6) is 0 Å². The van der Waals surface area contributed by atoms with E-state index in [4.69, 9.17) is 5.11 Å². The highest BCUT2D eigenvalue weighted by molar-refractivity contribution is 7.07. The molecule has 0 saturated carbocycles. The maximum absolute atomic E-state index is 10.9. The molecule has 0 unspecified atom stereocenters. The Morgan fingerprint density at radius 1 is 1.18 bits per heavy atom. The van der Waals surface area contributed by atoms with E-state index in [0.717, 1.165) is 18.5 Å². The second-order valence-electron chi connectivity index (χ2n) is 5.28. The van der Waals surface area contributed by atoms with Crippen molar-refractivity contribution in [3.8, 4) is 0 Å². The van der Waals surface area contributed by atoms with Crippen molar-refractivity contribution < 1.29 is 15.0 Å². The van der Waals surface area contributed by atoms with Gasteiger partial charge in [-0.1, -0.05) is 19.1 Å². The highest BCUT2D eigenvalue weighted by atomic mass is 32.1. The number of rotatable bonds is 8. The molecule has 0 fully saturated rings. The molecule has 0 saturated heterocycles. The van der Waals surface area contributed by atoms with E-state index < -0.39 is 5.97 Å². The SMILES string of the molecule is CC[C@@H](CO)N(Cc1ccc(C(=O)O)cc1)Cc1ccsc1. The van der Waals surface area contributed by atoms with Crippen molar-refractivity contribution in [2.45, 2.75) is 32.5 Å². The summed E-state index contributed by atoms with van der Waals surface area (Å²) in [5.41, 5.74) is 2.58. The van der Waals surface area contributed by atoms with Crippen LogP contribution in [0.4, 0.5) is 0 Å². The van der Waals surface area contributed by atoms with E-state index in [1.807, 2.05) is 12.1 Å². The lowest BCUT2D eigenvalue weighted by molar-refractivity contribution is 0.0697. The first kappa shape index (κ1) is 16.7. The molecular formula is C17H21NO3S. The Morgan fingerprint density at radius 2 is 1.86 bits per heavy atom. The topological polar surface area (TPSA) is 60.8 Å². The van der Waals surface area contributed by atoms with Crippen molar-refractivity contribution in [3.63, 3.8) is 0 Å². The summed E-state index contributed by atoms with van der Waals surface area (Å²) in [6, 6.07) is 9.12. The summed E-state index contributed by atoms with van der Waals surface area (Å²) in [4.78, 5) is 13.1. The minimum absolute atomic E-state index is 0.0963. The first-order valence-electron chi connectivity index (χ1n) is 7.32. The van der Waals surface area contributed by atoms with E-state index in [1.165, 1.54) is 5.56 Å². The third kappa shape index (κ3) is 4.40. The fourth-order valence-electron chi connectivity index (χ4n) is 2.42.